The summed E-state index contributed by atoms with van der Waals surface area (Å²) in [5.74, 6) is -3.03. The molecule has 1 aliphatic carbocycles. The van der Waals surface area contributed by atoms with E-state index in [9.17, 15) is 33.9 Å². The van der Waals surface area contributed by atoms with Gasteiger partial charge in [0.1, 0.15) is 29.8 Å². The maximum absolute atomic E-state index is 14.2. The standard InChI is InChI=1S/C41H56N4O9/c1-41(2,3)54-40(52)44-31(22-13-14-25-53-39(51)30-20-11-6-12-21-30)35(46)42-32(26-28-16-7-4-8-17-28)36(47)43-33(27-29-18-9-5-10-19-29)37(48)45-24-15-23-34(45)38(49)50/h5-6,9-12,18-21,28,31-34H,4,7-8,13-17,22-27H2,1-3H3,(H,42,46)(H,43,47)(H,44,52)(H,49,50)/t31-,32+,33-,34+/m0/s1. The second-order valence-corrected chi connectivity index (χ2v) is 15.3. The molecule has 4 N–H and O–H groups in total. The summed E-state index contributed by atoms with van der Waals surface area (Å²) >= 11 is 0. The molecular formula is C41H56N4O9. The fourth-order valence-electron chi connectivity index (χ4n) is 7.06. The number of ether oxygens (including phenoxy) is 2. The highest BCUT2D eigenvalue weighted by Crippen LogP contribution is 2.28. The summed E-state index contributed by atoms with van der Waals surface area (Å²) in [7, 11) is 0. The van der Waals surface area contributed by atoms with Crippen molar-refractivity contribution in [3.8, 4) is 0 Å². The molecule has 54 heavy (non-hydrogen) atoms. The largest absolute Gasteiger partial charge is 0.480 e. The number of esters is 1. The SMILES string of the molecule is CC(C)(C)OC(=O)N[C@@H](CCCCOC(=O)c1ccccc1)C(=O)N[C@H](CC1CCCCC1)C(=O)N[C@@H](Cc1ccccc1)C(=O)N1CCC[C@@H]1C(=O)O. The van der Waals surface area contributed by atoms with Crippen LogP contribution < -0.4 is 16.0 Å². The second-order valence-electron chi connectivity index (χ2n) is 15.3. The van der Waals surface area contributed by atoms with Gasteiger partial charge in [-0.25, -0.2) is 14.4 Å². The number of carbonyl (C=O) groups excluding carboxylic acids is 5. The summed E-state index contributed by atoms with van der Waals surface area (Å²) in [6.45, 7) is 5.50. The smallest absolute Gasteiger partial charge is 0.408 e. The minimum atomic E-state index is -1.09. The van der Waals surface area contributed by atoms with E-state index in [-0.39, 0.29) is 31.9 Å². The summed E-state index contributed by atoms with van der Waals surface area (Å²) in [6.07, 6.45) is 6.42. The van der Waals surface area contributed by atoms with E-state index in [0.29, 0.717) is 37.7 Å². The van der Waals surface area contributed by atoms with Gasteiger partial charge in [-0.3, -0.25) is 14.4 Å². The number of nitrogens with one attached hydrogen (secondary N) is 3. The summed E-state index contributed by atoms with van der Waals surface area (Å²) in [6, 6.07) is 13.6. The fourth-order valence-corrected chi connectivity index (χ4v) is 7.06. The Hall–Kier alpha value is -4.94. The molecule has 1 saturated carbocycles. The van der Waals surface area contributed by atoms with E-state index in [0.717, 1.165) is 37.7 Å². The highest BCUT2D eigenvalue weighted by molar-refractivity contribution is 5.95. The zero-order valence-electron chi connectivity index (χ0n) is 31.7. The third-order valence-corrected chi connectivity index (χ3v) is 9.78. The van der Waals surface area contributed by atoms with E-state index in [2.05, 4.69) is 16.0 Å². The molecule has 0 radical (unpaired) electrons. The number of alkyl carbamates (subject to hydrolysis) is 1. The van der Waals surface area contributed by atoms with Crippen molar-refractivity contribution in [2.45, 2.75) is 128 Å². The first-order valence-corrected chi connectivity index (χ1v) is 19.2. The molecule has 0 unspecified atom stereocenters. The molecule has 294 valence electrons. The van der Waals surface area contributed by atoms with Gasteiger partial charge in [-0.1, -0.05) is 80.6 Å². The maximum atomic E-state index is 14.2. The summed E-state index contributed by atoms with van der Waals surface area (Å²) < 4.78 is 10.8. The van der Waals surface area contributed by atoms with Gasteiger partial charge in [0.2, 0.25) is 17.7 Å². The minimum absolute atomic E-state index is 0.109. The number of aliphatic carboxylic acids is 1. The number of carboxylic acid groups (broad SMARTS) is 1. The van der Waals surface area contributed by atoms with Gasteiger partial charge in [-0.05, 0) is 82.9 Å². The van der Waals surface area contributed by atoms with Gasteiger partial charge < -0.3 is 35.4 Å². The molecule has 4 atom stereocenters. The molecule has 2 aliphatic rings. The number of hydrogen-bond donors (Lipinski definition) is 4. The van der Waals surface area contributed by atoms with Crippen molar-refractivity contribution >= 4 is 35.8 Å². The third-order valence-electron chi connectivity index (χ3n) is 9.78. The zero-order valence-corrected chi connectivity index (χ0v) is 31.7. The number of unbranched alkanes of at least 4 members (excludes halogenated alkanes) is 1. The van der Waals surface area contributed by atoms with E-state index >= 15 is 0 Å². The molecule has 2 fully saturated rings. The third kappa shape index (κ3) is 13.5. The van der Waals surface area contributed by atoms with Crippen molar-refractivity contribution < 1.29 is 43.3 Å². The molecule has 13 nitrogen and oxygen atoms in total. The first-order chi connectivity index (χ1) is 25.8. The summed E-state index contributed by atoms with van der Waals surface area (Å²) in [4.78, 5) is 80.8. The Morgan fingerprint density at radius 3 is 2.06 bits per heavy atom. The fraction of sp³-hybridized carbons (Fsp3) is 0.561. The molecule has 4 amide bonds. The van der Waals surface area contributed by atoms with Crippen molar-refractivity contribution in [3.63, 3.8) is 0 Å². The van der Waals surface area contributed by atoms with Crippen molar-refractivity contribution in [1.82, 2.24) is 20.9 Å². The molecule has 0 spiro atoms. The van der Waals surface area contributed by atoms with E-state index < -0.39 is 65.5 Å². The molecule has 13 heteroatoms. The van der Waals surface area contributed by atoms with Crippen LogP contribution in [0.15, 0.2) is 60.7 Å². The van der Waals surface area contributed by atoms with E-state index in [1.54, 1.807) is 51.1 Å². The lowest BCUT2D eigenvalue weighted by Crippen LogP contribution is -2.58. The topological polar surface area (TPSA) is 180 Å². The van der Waals surface area contributed by atoms with Crippen LogP contribution in [0.1, 0.15) is 107 Å². The van der Waals surface area contributed by atoms with Crippen LogP contribution in [0.4, 0.5) is 4.79 Å². The molecule has 1 aliphatic heterocycles. The van der Waals surface area contributed by atoms with E-state index in [4.69, 9.17) is 9.47 Å². The van der Waals surface area contributed by atoms with Crippen molar-refractivity contribution in [3.05, 3.63) is 71.8 Å². The van der Waals surface area contributed by atoms with Crippen LogP contribution in [0.3, 0.4) is 0 Å². The van der Waals surface area contributed by atoms with Gasteiger partial charge in [-0.2, -0.15) is 0 Å². The quantitative estimate of drug-likeness (QED) is 0.126. The maximum Gasteiger partial charge on any atom is 0.408 e. The number of likely N-dealkylation sites (tertiary alicyclic amines) is 1. The predicted molar refractivity (Wildman–Crippen MR) is 201 cm³/mol. The number of hydrogen-bond acceptors (Lipinski definition) is 8. The average molecular weight is 749 g/mol. The van der Waals surface area contributed by atoms with Gasteiger partial charge in [-0.15, -0.1) is 0 Å². The minimum Gasteiger partial charge on any atom is -0.480 e. The number of amides is 4. The number of benzene rings is 2. The highest BCUT2D eigenvalue weighted by atomic mass is 16.6. The zero-order chi connectivity index (χ0) is 39.1. The Morgan fingerprint density at radius 2 is 1.41 bits per heavy atom. The van der Waals surface area contributed by atoms with E-state index in [1.165, 1.54) is 4.90 Å². The molecule has 4 rings (SSSR count). The predicted octanol–water partition coefficient (Wildman–Crippen LogP) is 5.17. The Bertz CT molecular complexity index is 1560. The first-order valence-electron chi connectivity index (χ1n) is 19.2. The molecule has 2 aromatic rings. The number of rotatable bonds is 17. The van der Waals surface area contributed by atoms with Gasteiger partial charge >= 0.3 is 18.0 Å². The van der Waals surface area contributed by atoms with Crippen LogP contribution in [-0.2, 0) is 35.1 Å². The summed E-state index contributed by atoms with van der Waals surface area (Å²) in [5, 5.41) is 18.3. The summed E-state index contributed by atoms with van der Waals surface area (Å²) in [5.41, 5.74) is 0.389. The first kappa shape index (κ1) is 41.8. The Kier molecular flexibility index (Phi) is 15.9. The normalized spacial score (nSPS) is 17.8. The molecule has 1 saturated heterocycles. The van der Waals surface area contributed by atoms with Gasteiger partial charge in [0.15, 0.2) is 0 Å². The van der Waals surface area contributed by atoms with Gasteiger partial charge in [0.05, 0.1) is 12.2 Å². The van der Waals surface area contributed by atoms with Gasteiger partial charge in [0.25, 0.3) is 0 Å². The van der Waals surface area contributed by atoms with Crippen LogP contribution in [0, 0.1) is 5.92 Å². The second kappa shape index (κ2) is 20.5. The lowest BCUT2D eigenvalue weighted by atomic mass is 9.84. The van der Waals surface area contributed by atoms with Gasteiger partial charge in [0, 0.05) is 13.0 Å². The Balaban J connectivity index is 1.50. The lowest BCUT2D eigenvalue weighted by molar-refractivity contribution is -0.149. The number of carbonyl (C=O) groups is 6. The molecular weight excluding hydrogens is 692 g/mol. The molecule has 2 aromatic carbocycles. The van der Waals surface area contributed by atoms with Crippen LogP contribution in [0.2, 0.25) is 0 Å². The monoisotopic (exact) mass is 748 g/mol. The van der Waals surface area contributed by atoms with Crippen molar-refractivity contribution in [2.24, 2.45) is 5.92 Å². The number of nitrogens with zero attached hydrogens (tertiary/aromatic N) is 1. The van der Waals surface area contributed by atoms with E-state index in [1.807, 2.05) is 30.3 Å². The Morgan fingerprint density at radius 1 is 0.778 bits per heavy atom. The van der Waals surface area contributed by atoms with Crippen molar-refractivity contribution in [2.75, 3.05) is 13.2 Å². The molecule has 0 aromatic heterocycles. The lowest BCUT2D eigenvalue weighted by Gasteiger charge is -2.31. The highest BCUT2D eigenvalue weighted by Gasteiger charge is 2.39. The number of carboxylic acids is 1. The van der Waals surface area contributed by atoms with Crippen LogP contribution >= 0.6 is 0 Å². The van der Waals surface area contributed by atoms with Crippen LogP contribution in [0.5, 0.6) is 0 Å². The van der Waals surface area contributed by atoms with Crippen LogP contribution in [-0.4, -0.2) is 88.7 Å². The average Bonchev–Trinajstić information content (AvgIpc) is 3.64. The van der Waals surface area contributed by atoms with Crippen LogP contribution in [0.25, 0.3) is 0 Å². The Labute approximate surface area is 317 Å². The van der Waals surface area contributed by atoms with Crippen molar-refractivity contribution in [1.29, 1.82) is 0 Å². The molecule has 1 heterocycles. The molecule has 0 bridgehead atoms.